The highest BCUT2D eigenvalue weighted by atomic mass is 16.2. The summed E-state index contributed by atoms with van der Waals surface area (Å²) in [5, 5.41) is 3.16. The molecule has 1 aliphatic carbocycles. The van der Waals surface area contributed by atoms with Crippen molar-refractivity contribution < 1.29 is 4.79 Å². The number of nitrogens with one attached hydrogen (secondary N) is 1. The highest BCUT2D eigenvalue weighted by Gasteiger charge is 2.24. The van der Waals surface area contributed by atoms with Crippen molar-refractivity contribution in [1.29, 1.82) is 0 Å². The van der Waals surface area contributed by atoms with E-state index in [9.17, 15) is 4.79 Å². The maximum Gasteiger partial charge on any atom is 0.257 e. The van der Waals surface area contributed by atoms with E-state index >= 15 is 0 Å². The van der Waals surface area contributed by atoms with Gasteiger partial charge in [0.2, 0.25) is 0 Å². The highest BCUT2D eigenvalue weighted by molar-refractivity contribution is 5.98. The summed E-state index contributed by atoms with van der Waals surface area (Å²) >= 11 is 0. The van der Waals surface area contributed by atoms with Crippen LogP contribution in [0.15, 0.2) is 18.3 Å². The van der Waals surface area contributed by atoms with Crippen LogP contribution in [0.5, 0.6) is 0 Å². The lowest BCUT2D eigenvalue weighted by molar-refractivity contribution is 0.0707. The van der Waals surface area contributed by atoms with Crippen LogP contribution in [-0.2, 0) is 0 Å². The first kappa shape index (κ1) is 13.8. The Morgan fingerprint density at radius 2 is 2.26 bits per heavy atom. The Morgan fingerprint density at radius 3 is 2.84 bits per heavy atom. The van der Waals surface area contributed by atoms with Crippen LogP contribution in [-0.4, -0.2) is 35.4 Å². The summed E-state index contributed by atoms with van der Waals surface area (Å²) in [5.74, 6) is 1.49. The first-order chi connectivity index (χ1) is 9.26. The maximum atomic E-state index is 12.6. The number of carbonyl (C=O) groups excluding carboxylic acids is 1. The Hall–Kier alpha value is -1.58. The Balaban J connectivity index is 2.11. The lowest BCUT2D eigenvalue weighted by Crippen LogP contribution is -2.37. The van der Waals surface area contributed by atoms with Crippen molar-refractivity contribution in [1.82, 2.24) is 9.88 Å². The fourth-order valence-electron chi connectivity index (χ4n) is 2.40. The van der Waals surface area contributed by atoms with Gasteiger partial charge in [-0.3, -0.25) is 4.79 Å². The fraction of sp³-hybridized carbons (Fsp3) is 0.600. The molecule has 1 fully saturated rings. The van der Waals surface area contributed by atoms with E-state index in [1.165, 1.54) is 19.3 Å². The normalized spacial score (nSPS) is 14.8. The van der Waals surface area contributed by atoms with Gasteiger partial charge in [-0.25, -0.2) is 4.98 Å². The van der Waals surface area contributed by atoms with E-state index in [2.05, 4.69) is 10.3 Å². The molecule has 0 saturated heterocycles. The molecule has 0 aliphatic heterocycles. The second kappa shape index (κ2) is 6.55. The molecule has 1 aromatic heterocycles. The van der Waals surface area contributed by atoms with E-state index in [1.807, 2.05) is 30.9 Å². The third kappa shape index (κ3) is 3.25. The molecule has 0 radical (unpaired) electrons. The Labute approximate surface area is 115 Å². The molecule has 2 rings (SSSR count). The van der Waals surface area contributed by atoms with Gasteiger partial charge in [0.25, 0.3) is 5.91 Å². The van der Waals surface area contributed by atoms with Gasteiger partial charge in [0.1, 0.15) is 5.82 Å². The van der Waals surface area contributed by atoms with E-state index in [0.29, 0.717) is 17.3 Å². The number of hydrogen-bond donors (Lipinski definition) is 1. The molecule has 4 nitrogen and oxygen atoms in total. The second-order valence-electron chi connectivity index (χ2n) is 5.07. The van der Waals surface area contributed by atoms with Crippen LogP contribution in [0.25, 0.3) is 0 Å². The molecule has 19 heavy (non-hydrogen) atoms. The van der Waals surface area contributed by atoms with Crippen molar-refractivity contribution in [2.45, 2.75) is 33.1 Å². The number of nitrogens with zero attached hydrogens (tertiary/aromatic N) is 2. The van der Waals surface area contributed by atoms with Gasteiger partial charge in [-0.15, -0.1) is 0 Å². The van der Waals surface area contributed by atoms with E-state index in [1.54, 1.807) is 6.20 Å². The minimum atomic E-state index is 0.0958. The number of aromatic nitrogens is 1. The molecular formula is C15H23N3O. The number of pyridine rings is 1. The SMILES string of the molecule is CCNc1ncccc1C(=O)N(CC)CC1CCC1. The quantitative estimate of drug-likeness (QED) is 0.856. The zero-order valence-corrected chi connectivity index (χ0v) is 11.9. The predicted octanol–water partition coefficient (Wildman–Crippen LogP) is 2.78. The molecule has 1 N–H and O–H groups in total. The van der Waals surface area contributed by atoms with Crippen molar-refractivity contribution in [2.75, 3.05) is 25.0 Å². The zero-order valence-electron chi connectivity index (χ0n) is 11.9. The van der Waals surface area contributed by atoms with E-state index in [0.717, 1.165) is 19.6 Å². The first-order valence-electron chi connectivity index (χ1n) is 7.24. The average Bonchev–Trinajstić information content (AvgIpc) is 2.38. The summed E-state index contributed by atoms with van der Waals surface area (Å²) < 4.78 is 0. The molecule has 1 heterocycles. The summed E-state index contributed by atoms with van der Waals surface area (Å²) in [6, 6.07) is 3.68. The van der Waals surface area contributed by atoms with Crippen molar-refractivity contribution in [3.8, 4) is 0 Å². The molecule has 0 bridgehead atoms. The minimum absolute atomic E-state index is 0.0958. The van der Waals surface area contributed by atoms with Crippen LogP contribution in [0, 0.1) is 5.92 Å². The van der Waals surface area contributed by atoms with Gasteiger partial charge in [-0.1, -0.05) is 6.42 Å². The molecule has 1 saturated carbocycles. The third-order valence-corrected chi connectivity index (χ3v) is 3.75. The van der Waals surface area contributed by atoms with Gasteiger partial charge in [-0.2, -0.15) is 0 Å². The monoisotopic (exact) mass is 261 g/mol. The van der Waals surface area contributed by atoms with Gasteiger partial charge in [-0.05, 0) is 44.7 Å². The molecule has 1 aromatic rings. The van der Waals surface area contributed by atoms with Crippen molar-refractivity contribution in [3.05, 3.63) is 23.9 Å². The van der Waals surface area contributed by atoms with Gasteiger partial charge in [0, 0.05) is 25.8 Å². The molecule has 0 unspecified atom stereocenters. The van der Waals surface area contributed by atoms with E-state index in [-0.39, 0.29) is 5.91 Å². The average molecular weight is 261 g/mol. The van der Waals surface area contributed by atoms with Gasteiger partial charge < -0.3 is 10.2 Å². The lowest BCUT2D eigenvalue weighted by Gasteiger charge is -2.32. The molecule has 0 aromatic carbocycles. The molecule has 1 aliphatic rings. The molecule has 0 atom stereocenters. The summed E-state index contributed by atoms with van der Waals surface area (Å²) in [5.41, 5.74) is 0.686. The third-order valence-electron chi connectivity index (χ3n) is 3.75. The minimum Gasteiger partial charge on any atom is -0.370 e. The summed E-state index contributed by atoms with van der Waals surface area (Å²) in [4.78, 5) is 18.8. The van der Waals surface area contributed by atoms with Crippen LogP contribution in [0.1, 0.15) is 43.5 Å². The molecule has 4 heteroatoms. The number of anilines is 1. The molecule has 1 amide bonds. The van der Waals surface area contributed by atoms with Crippen LogP contribution in [0.4, 0.5) is 5.82 Å². The number of amides is 1. The van der Waals surface area contributed by atoms with Gasteiger partial charge in [0.15, 0.2) is 0 Å². The summed E-state index contributed by atoms with van der Waals surface area (Å²) in [6.45, 7) is 6.46. The molecule has 0 spiro atoms. The zero-order chi connectivity index (χ0) is 13.7. The number of hydrogen-bond acceptors (Lipinski definition) is 3. The van der Waals surface area contributed by atoms with Crippen molar-refractivity contribution in [3.63, 3.8) is 0 Å². The second-order valence-corrected chi connectivity index (χ2v) is 5.07. The van der Waals surface area contributed by atoms with E-state index < -0.39 is 0 Å². The standard InChI is InChI=1S/C15H23N3O/c1-3-16-14-13(9-6-10-17-14)15(19)18(4-2)11-12-7-5-8-12/h6,9-10,12H,3-5,7-8,11H2,1-2H3,(H,16,17). The Kier molecular flexibility index (Phi) is 4.77. The molecular weight excluding hydrogens is 238 g/mol. The predicted molar refractivity (Wildman–Crippen MR) is 77.3 cm³/mol. The topological polar surface area (TPSA) is 45.2 Å². The van der Waals surface area contributed by atoms with Crippen LogP contribution in [0.2, 0.25) is 0 Å². The van der Waals surface area contributed by atoms with Crippen molar-refractivity contribution in [2.24, 2.45) is 5.92 Å². The smallest absolute Gasteiger partial charge is 0.257 e. The van der Waals surface area contributed by atoms with Gasteiger partial charge in [0.05, 0.1) is 5.56 Å². The first-order valence-corrected chi connectivity index (χ1v) is 7.24. The number of rotatable bonds is 6. The van der Waals surface area contributed by atoms with Crippen molar-refractivity contribution >= 4 is 11.7 Å². The Morgan fingerprint density at radius 1 is 1.47 bits per heavy atom. The maximum absolute atomic E-state index is 12.6. The van der Waals surface area contributed by atoms with Gasteiger partial charge >= 0.3 is 0 Å². The van der Waals surface area contributed by atoms with Crippen LogP contribution >= 0.6 is 0 Å². The van der Waals surface area contributed by atoms with Crippen LogP contribution in [0.3, 0.4) is 0 Å². The summed E-state index contributed by atoms with van der Waals surface area (Å²) in [7, 11) is 0. The van der Waals surface area contributed by atoms with E-state index in [4.69, 9.17) is 0 Å². The highest BCUT2D eigenvalue weighted by Crippen LogP contribution is 2.27. The largest absolute Gasteiger partial charge is 0.370 e. The summed E-state index contributed by atoms with van der Waals surface area (Å²) in [6.07, 6.45) is 5.55. The number of carbonyl (C=O) groups is 1. The molecule has 104 valence electrons. The fourth-order valence-corrected chi connectivity index (χ4v) is 2.40. The Bertz CT molecular complexity index is 429. The lowest BCUT2D eigenvalue weighted by atomic mass is 9.85. The van der Waals surface area contributed by atoms with Crippen LogP contribution < -0.4 is 5.32 Å².